The van der Waals surface area contributed by atoms with Crippen molar-refractivity contribution in [1.82, 2.24) is 9.97 Å². The molecule has 2 aromatic rings. The topological polar surface area (TPSA) is 35.0 Å². The van der Waals surface area contributed by atoms with Crippen molar-refractivity contribution in [3.8, 4) is 11.5 Å². The molecule has 0 atom stereocenters. The van der Waals surface area contributed by atoms with E-state index in [2.05, 4.69) is 9.97 Å². The third-order valence-corrected chi connectivity index (χ3v) is 3.05. The van der Waals surface area contributed by atoms with Gasteiger partial charge in [0.25, 0.3) is 0 Å². The second kappa shape index (κ2) is 6.18. The van der Waals surface area contributed by atoms with E-state index in [1.807, 2.05) is 20.8 Å². The first-order valence-corrected chi connectivity index (χ1v) is 6.90. The van der Waals surface area contributed by atoms with Gasteiger partial charge < -0.3 is 4.74 Å². The summed E-state index contributed by atoms with van der Waals surface area (Å²) in [6.07, 6.45) is 1.54. The molecule has 0 radical (unpaired) electrons. The van der Waals surface area contributed by atoms with Crippen molar-refractivity contribution in [2.24, 2.45) is 0 Å². The average molecular weight is 295 g/mol. The predicted octanol–water partition coefficient (Wildman–Crippen LogP) is 4.58. The highest BCUT2D eigenvalue weighted by Gasteiger charge is 2.13. The van der Waals surface area contributed by atoms with E-state index < -0.39 is 5.82 Å². The zero-order valence-electron chi connectivity index (χ0n) is 11.7. The molecule has 1 aromatic carbocycles. The Labute approximate surface area is 122 Å². The summed E-state index contributed by atoms with van der Waals surface area (Å²) in [5.41, 5.74) is 1.47. The molecular formula is C15H16ClFN2O. The highest BCUT2D eigenvalue weighted by Crippen LogP contribution is 2.28. The molecule has 0 saturated carbocycles. The average Bonchev–Trinajstić information content (AvgIpc) is 2.43. The van der Waals surface area contributed by atoms with Gasteiger partial charge in [-0.15, -0.1) is 11.6 Å². The minimum absolute atomic E-state index is 0.150. The van der Waals surface area contributed by atoms with E-state index in [0.717, 1.165) is 5.56 Å². The van der Waals surface area contributed by atoms with Crippen molar-refractivity contribution in [1.29, 1.82) is 0 Å². The summed E-state index contributed by atoms with van der Waals surface area (Å²) >= 11 is 5.88. The lowest BCUT2D eigenvalue weighted by Crippen LogP contribution is -2.03. The van der Waals surface area contributed by atoms with Crippen LogP contribution in [0.3, 0.4) is 0 Å². The third kappa shape index (κ3) is 3.25. The van der Waals surface area contributed by atoms with Crippen LogP contribution in [0.2, 0.25) is 0 Å². The number of nitrogens with zero attached hydrogens (tertiary/aromatic N) is 2. The number of hydrogen-bond donors (Lipinski definition) is 0. The molecule has 5 heteroatoms. The third-order valence-electron chi connectivity index (χ3n) is 2.80. The molecule has 0 aliphatic heterocycles. The fraction of sp³-hybridized carbons (Fsp3) is 0.333. The normalized spacial score (nSPS) is 10.9. The first kappa shape index (κ1) is 14.7. The maximum atomic E-state index is 13.7. The molecule has 0 amide bonds. The molecule has 3 nitrogen and oxygen atoms in total. The smallest absolute Gasteiger partial charge is 0.168 e. The SMILES string of the molecule is Cc1ccc(F)c(Oc2cnc(C(C)C)nc2CCl)c1. The van der Waals surface area contributed by atoms with Crippen molar-refractivity contribution in [2.45, 2.75) is 32.6 Å². The number of halogens is 2. The summed E-state index contributed by atoms with van der Waals surface area (Å²) in [6, 6.07) is 4.68. The standard InChI is InChI=1S/C15H16ClFN2O/c1-9(2)15-18-8-14(12(7-16)19-15)20-13-6-10(3)4-5-11(13)17/h4-6,8-9H,7H2,1-3H3. The van der Waals surface area contributed by atoms with Crippen LogP contribution in [-0.2, 0) is 5.88 Å². The predicted molar refractivity (Wildman–Crippen MR) is 76.9 cm³/mol. The molecule has 20 heavy (non-hydrogen) atoms. The summed E-state index contributed by atoms with van der Waals surface area (Å²) in [6.45, 7) is 5.86. The lowest BCUT2D eigenvalue weighted by atomic mass is 10.2. The van der Waals surface area contributed by atoms with E-state index in [4.69, 9.17) is 16.3 Å². The minimum Gasteiger partial charge on any atom is -0.451 e. The Kier molecular flexibility index (Phi) is 4.55. The van der Waals surface area contributed by atoms with Gasteiger partial charge >= 0.3 is 0 Å². The number of benzene rings is 1. The van der Waals surface area contributed by atoms with Gasteiger partial charge in [-0.25, -0.2) is 14.4 Å². The van der Waals surface area contributed by atoms with Crippen LogP contribution in [0.5, 0.6) is 11.5 Å². The van der Waals surface area contributed by atoms with Gasteiger partial charge in [-0.3, -0.25) is 0 Å². The van der Waals surface area contributed by atoms with Crippen molar-refractivity contribution in [3.63, 3.8) is 0 Å². The van der Waals surface area contributed by atoms with E-state index in [1.165, 1.54) is 6.07 Å². The number of alkyl halides is 1. The van der Waals surface area contributed by atoms with E-state index in [9.17, 15) is 4.39 Å². The zero-order valence-corrected chi connectivity index (χ0v) is 12.4. The molecule has 0 aliphatic rings. The second-order valence-corrected chi connectivity index (χ2v) is 5.13. The van der Waals surface area contributed by atoms with E-state index in [1.54, 1.807) is 18.3 Å². The van der Waals surface area contributed by atoms with Crippen LogP contribution in [0.25, 0.3) is 0 Å². The summed E-state index contributed by atoms with van der Waals surface area (Å²) in [7, 11) is 0. The first-order chi connectivity index (χ1) is 9.51. The van der Waals surface area contributed by atoms with Crippen LogP contribution < -0.4 is 4.74 Å². The van der Waals surface area contributed by atoms with Gasteiger partial charge in [-0.2, -0.15) is 0 Å². The van der Waals surface area contributed by atoms with Gasteiger partial charge in [0, 0.05) is 5.92 Å². The highest BCUT2D eigenvalue weighted by molar-refractivity contribution is 6.17. The maximum Gasteiger partial charge on any atom is 0.168 e. The van der Waals surface area contributed by atoms with Crippen molar-refractivity contribution < 1.29 is 9.13 Å². The number of aromatic nitrogens is 2. The van der Waals surface area contributed by atoms with Gasteiger partial charge in [-0.1, -0.05) is 19.9 Å². The number of rotatable bonds is 4. The molecule has 2 rings (SSSR count). The number of hydrogen-bond acceptors (Lipinski definition) is 3. The summed E-state index contributed by atoms with van der Waals surface area (Å²) in [5, 5.41) is 0. The zero-order chi connectivity index (χ0) is 14.7. The van der Waals surface area contributed by atoms with Crippen molar-refractivity contribution >= 4 is 11.6 Å². The van der Waals surface area contributed by atoms with Crippen LogP contribution in [0.1, 0.15) is 36.8 Å². The molecular weight excluding hydrogens is 279 g/mol. The van der Waals surface area contributed by atoms with Gasteiger partial charge in [0.2, 0.25) is 0 Å². The molecule has 1 heterocycles. The molecule has 0 saturated heterocycles. The van der Waals surface area contributed by atoms with Crippen LogP contribution in [0.4, 0.5) is 4.39 Å². The Balaban J connectivity index is 2.35. The molecule has 0 aliphatic carbocycles. The molecule has 0 spiro atoms. The largest absolute Gasteiger partial charge is 0.451 e. The number of ether oxygens (including phenoxy) is 1. The summed E-state index contributed by atoms with van der Waals surface area (Å²) in [4.78, 5) is 8.57. The van der Waals surface area contributed by atoms with Gasteiger partial charge in [0.1, 0.15) is 11.5 Å². The van der Waals surface area contributed by atoms with Gasteiger partial charge in [-0.05, 0) is 24.6 Å². The molecule has 1 aromatic heterocycles. The molecule has 106 valence electrons. The molecule has 0 unspecified atom stereocenters. The highest BCUT2D eigenvalue weighted by atomic mass is 35.5. The second-order valence-electron chi connectivity index (χ2n) is 4.86. The Morgan fingerprint density at radius 1 is 1.30 bits per heavy atom. The Bertz CT molecular complexity index is 617. The van der Waals surface area contributed by atoms with Crippen LogP contribution >= 0.6 is 11.6 Å². The summed E-state index contributed by atoms with van der Waals surface area (Å²) in [5.74, 6) is 1.18. The fourth-order valence-corrected chi connectivity index (χ4v) is 1.88. The molecule has 0 bridgehead atoms. The van der Waals surface area contributed by atoms with Gasteiger partial charge in [0.05, 0.1) is 12.1 Å². The van der Waals surface area contributed by atoms with E-state index >= 15 is 0 Å². The minimum atomic E-state index is -0.427. The summed E-state index contributed by atoms with van der Waals surface area (Å²) < 4.78 is 19.3. The quantitative estimate of drug-likeness (QED) is 0.774. The Morgan fingerprint density at radius 3 is 2.70 bits per heavy atom. The van der Waals surface area contributed by atoms with Crippen LogP contribution in [-0.4, -0.2) is 9.97 Å². The van der Waals surface area contributed by atoms with Crippen molar-refractivity contribution in [2.75, 3.05) is 0 Å². The lowest BCUT2D eigenvalue weighted by Gasteiger charge is -2.12. The number of aryl methyl sites for hydroxylation is 1. The Morgan fingerprint density at radius 2 is 2.05 bits per heavy atom. The Hall–Kier alpha value is -1.68. The molecule has 0 fully saturated rings. The fourth-order valence-electron chi connectivity index (χ4n) is 1.69. The monoisotopic (exact) mass is 294 g/mol. The van der Waals surface area contributed by atoms with Crippen LogP contribution in [0, 0.1) is 12.7 Å². The van der Waals surface area contributed by atoms with Gasteiger partial charge in [0.15, 0.2) is 17.3 Å². The maximum absolute atomic E-state index is 13.7. The molecule has 0 N–H and O–H groups in total. The lowest BCUT2D eigenvalue weighted by molar-refractivity contribution is 0.433. The van der Waals surface area contributed by atoms with E-state index in [-0.39, 0.29) is 17.5 Å². The van der Waals surface area contributed by atoms with E-state index in [0.29, 0.717) is 17.3 Å². The first-order valence-electron chi connectivity index (χ1n) is 6.37. The van der Waals surface area contributed by atoms with Crippen LogP contribution in [0.15, 0.2) is 24.4 Å². The van der Waals surface area contributed by atoms with Crippen molar-refractivity contribution in [3.05, 3.63) is 47.3 Å².